The molecule has 0 aliphatic rings. The summed E-state index contributed by atoms with van der Waals surface area (Å²) in [5.74, 6) is -1.33. The lowest BCUT2D eigenvalue weighted by Gasteiger charge is -1.99. The van der Waals surface area contributed by atoms with Gasteiger partial charge in [-0.3, -0.25) is 9.59 Å². The fraction of sp³-hybridized carbons (Fsp3) is 0.838. The minimum absolute atomic E-state index is 0.332. The van der Waals surface area contributed by atoms with Crippen molar-refractivity contribution in [2.45, 2.75) is 200 Å². The average molecular weight is 579 g/mol. The van der Waals surface area contributed by atoms with Gasteiger partial charge in [-0.2, -0.15) is 0 Å². The van der Waals surface area contributed by atoms with Crippen LogP contribution in [0.1, 0.15) is 200 Å². The van der Waals surface area contributed by atoms with Crippen molar-refractivity contribution in [1.82, 2.24) is 0 Å². The minimum Gasteiger partial charge on any atom is -0.481 e. The molecule has 0 aliphatic carbocycles. The first-order valence-electron chi connectivity index (χ1n) is 17.8. The molecule has 0 unspecified atom stereocenters. The Labute approximate surface area is 255 Å². The topological polar surface area (TPSA) is 74.6 Å². The highest BCUT2D eigenvalue weighted by atomic mass is 16.4. The molecule has 0 aromatic rings. The van der Waals surface area contributed by atoms with Gasteiger partial charge in [0.1, 0.15) is 0 Å². The molecule has 0 rings (SSSR count). The number of rotatable bonds is 31. The van der Waals surface area contributed by atoms with Crippen LogP contribution in [-0.2, 0) is 9.59 Å². The van der Waals surface area contributed by atoms with Crippen molar-refractivity contribution >= 4 is 11.9 Å². The second-order valence-electron chi connectivity index (χ2n) is 11.8. The summed E-state index contributed by atoms with van der Waals surface area (Å²) in [6, 6.07) is 0. The van der Waals surface area contributed by atoms with E-state index in [4.69, 9.17) is 10.2 Å². The number of unbranched alkanes of at least 4 members (excludes halogenated alkanes) is 23. The van der Waals surface area contributed by atoms with Gasteiger partial charge in [-0.15, -0.1) is 0 Å². The van der Waals surface area contributed by atoms with E-state index in [1.54, 1.807) is 0 Å². The maximum absolute atomic E-state index is 10.3. The molecule has 0 aromatic carbocycles. The maximum Gasteiger partial charge on any atom is 0.303 e. The molecule has 0 aromatic heterocycles. The molecule has 242 valence electrons. The number of allylic oxidation sites excluding steroid dienone is 4. The summed E-state index contributed by atoms with van der Waals surface area (Å²) in [5, 5.41) is 17.0. The molecule has 4 nitrogen and oxygen atoms in total. The SMILES string of the molecule is CCCCCCCC/C=C\CCCCCCCC(=O)O.CCCCCCCC/C=C\CCCCCCCCC(=O)O. The Balaban J connectivity index is 0. The summed E-state index contributed by atoms with van der Waals surface area (Å²) in [7, 11) is 0. The fourth-order valence-corrected chi connectivity index (χ4v) is 4.87. The smallest absolute Gasteiger partial charge is 0.303 e. The lowest BCUT2D eigenvalue weighted by molar-refractivity contribution is -0.138. The standard InChI is InChI=1S/C19H36O2.C18H34O2/c1-2-3-4-5-6-7-8-9-10-11-12-13-14-15-16-17-18-19(20)21;1-2-3-4-5-6-7-8-9-10-11-12-13-14-15-16-17-18(19)20/h9-10H,2-8,11-18H2,1H3,(H,20,21);9-10H,2-8,11-17H2,1H3,(H,19,20)/b2*10-9-. The molecule has 0 radical (unpaired) electrons. The highest BCUT2D eigenvalue weighted by Gasteiger charge is 1.97. The third kappa shape index (κ3) is 45.6. The van der Waals surface area contributed by atoms with Gasteiger partial charge in [0.05, 0.1) is 0 Å². The van der Waals surface area contributed by atoms with Gasteiger partial charge in [-0.05, 0) is 64.2 Å². The molecule has 0 heterocycles. The van der Waals surface area contributed by atoms with Crippen molar-refractivity contribution in [3.8, 4) is 0 Å². The van der Waals surface area contributed by atoms with E-state index < -0.39 is 11.9 Å². The van der Waals surface area contributed by atoms with Crippen molar-refractivity contribution in [2.75, 3.05) is 0 Å². The van der Waals surface area contributed by atoms with Gasteiger partial charge < -0.3 is 10.2 Å². The fourth-order valence-electron chi connectivity index (χ4n) is 4.87. The molecule has 0 atom stereocenters. The maximum atomic E-state index is 10.3. The highest BCUT2D eigenvalue weighted by Crippen LogP contribution is 2.11. The Morgan fingerprint density at radius 2 is 0.585 bits per heavy atom. The zero-order chi connectivity index (χ0) is 30.5. The largest absolute Gasteiger partial charge is 0.481 e. The van der Waals surface area contributed by atoms with E-state index in [1.165, 1.54) is 148 Å². The van der Waals surface area contributed by atoms with E-state index in [0.29, 0.717) is 12.8 Å². The van der Waals surface area contributed by atoms with Gasteiger partial charge >= 0.3 is 11.9 Å². The van der Waals surface area contributed by atoms with Gasteiger partial charge in [-0.25, -0.2) is 0 Å². The number of aliphatic carboxylic acids is 2. The van der Waals surface area contributed by atoms with Crippen molar-refractivity contribution < 1.29 is 19.8 Å². The molecule has 0 spiro atoms. The Morgan fingerprint density at radius 3 is 0.829 bits per heavy atom. The Kier molecular flexibility index (Phi) is 38.9. The number of hydrogen-bond acceptors (Lipinski definition) is 2. The van der Waals surface area contributed by atoms with Crippen molar-refractivity contribution in [3.63, 3.8) is 0 Å². The first kappa shape index (κ1) is 41.6. The van der Waals surface area contributed by atoms with Crippen LogP contribution in [0, 0.1) is 0 Å². The van der Waals surface area contributed by atoms with Gasteiger partial charge in [0, 0.05) is 12.8 Å². The lowest BCUT2D eigenvalue weighted by atomic mass is 10.1. The Morgan fingerprint density at radius 1 is 0.366 bits per heavy atom. The summed E-state index contributed by atoms with van der Waals surface area (Å²) < 4.78 is 0. The molecule has 4 heteroatoms. The summed E-state index contributed by atoms with van der Waals surface area (Å²) >= 11 is 0. The van der Waals surface area contributed by atoms with Gasteiger partial charge in [0.2, 0.25) is 0 Å². The third-order valence-electron chi connectivity index (χ3n) is 7.55. The Hall–Kier alpha value is -1.58. The zero-order valence-electron chi connectivity index (χ0n) is 27.5. The van der Waals surface area contributed by atoms with Crippen molar-refractivity contribution in [3.05, 3.63) is 24.3 Å². The summed E-state index contributed by atoms with van der Waals surface area (Å²) in [6.45, 7) is 4.52. The van der Waals surface area contributed by atoms with E-state index in [2.05, 4.69) is 38.2 Å². The number of carboxylic acid groups (broad SMARTS) is 2. The van der Waals surface area contributed by atoms with Crippen LogP contribution in [-0.4, -0.2) is 22.2 Å². The lowest BCUT2D eigenvalue weighted by Crippen LogP contribution is -1.93. The number of hydrogen-bond donors (Lipinski definition) is 2. The molecular weight excluding hydrogens is 508 g/mol. The van der Waals surface area contributed by atoms with Crippen LogP contribution in [0.3, 0.4) is 0 Å². The first-order valence-corrected chi connectivity index (χ1v) is 17.8. The monoisotopic (exact) mass is 579 g/mol. The normalized spacial score (nSPS) is 11.3. The molecule has 0 saturated carbocycles. The predicted octanol–water partition coefficient (Wildman–Crippen LogP) is 12.6. The molecule has 0 aliphatic heterocycles. The molecule has 41 heavy (non-hydrogen) atoms. The Bertz CT molecular complexity index is 581. The van der Waals surface area contributed by atoms with Crippen LogP contribution >= 0.6 is 0 Å². The summed E-state index contributed by atoms with van der Waals surface area (Å²) in [6.07, 6.45) is 43.9. The molecule has 0 bridgehead atoms. The second-order valence-corrected chi connectivity index (χ2v) is 11.8. The summed E-state index contributed by atoms with van der Waals surface area (Å²) in [5.41, 5.74) is 0. The van der Waals surface area contributed by atoms with E-state index in [9.17, 15) is 9.59 Å². The van der Waals surface area contributed by atoms with Crippen LogP contribution in [0.4, 0.5) is 0 Å². The van der Waals surface area contributed by atoms with Crippen LogP contribution < -0.4 is 0 Å². The van der Waals surface area contributed by atoms with Gasteiger partial charge in [-0.1, -0.05) is 147 Å². The van der Waals surface area contributed by atoms with E-state index in [1.807, 2.05) is 0 Å². The highest BCUT2D eigenvalue weighted by molar-refractivity contribution is 5.66. The molecule has 0 saturated heterocycles. The predicted molar refractivity (Wildman–Crippen MR) is 179 cm³/mol. The third-order valence-corrected chi connectivity index (χ3v) is 7.55. The molecule has 0 amide bonds. The van der Waals surface area contributed by atoms with Crippen LogP contribution in [0.15, 0.2) is 24.3 Å². The van der Waals surface area contributed by atoms with E-state index in [-0.39, 0.29) is 0 Å². The van der Waals surface area contributed by atoms with Crippen molar-refractivity contribution in [2.24, 2.45) is 0 Å². The van der Waals surface area contributed by atoms with E-state index in [0.717, 1.165) is 25.7 Å². The van der Waals surface area contributed by atoms with Crippen LogP contribution in [0.2, 0.25) is 0 Å². The average Bonchev–Trinajstić information content (AvgIpc) is 2.95. The van der Waals surface area contributed by atoms with Crippen LogP contribution in [0.25, 0.3) is 0 Å². The molecular formula is C37H70O4. The number of carbonyl (C=O) groups is 2. The van der Waals surface area contributed by atoms with Gasteiger partial charge in [0.25, 0.3) is 0 Å². The molecule has 0 fully saturated rings. The van der Waals surface area contributed by atoms with Crippen molar-refractivity contribution in [1.29, 1.82) is 0 Å². The molecule has 2 N–H and O–H groups in total. The first-order chi connectivity index (χ1) is 20.0. The van der Waals surface area contributed by atoms with Crippen LogP contribution in [0.5, 0.6) is 0 Å². The quantitative estimate of drug-likeness (QED) is 0.0633. The summed E-state index contributed by atoms with van der Waals surface area (Å²) in [4.78, 5) is 20.7. The van der Waals surface area contributed by atoms with E-state index >= 15 is 0 Å². The zero-order valence-corrected chi connectivity index (χ0v) is 27.5. The minimum atomic E-state index is -0.664. The second kappa shape index (κ2) is 38.4. The number of carboxylic acids is 2. The van der Waals surface area contributed by atoms with Gasteiger partial charge in [0.15, 0.2) is 0 Å².